The second kappa shape index (κ2) is 7.38. The molecule has 0 saturated carbocycles. The summed E-state index contributed by atoms with van der Waals surface area (Å²) in [5.41, 5.74) is 5.59. The number of amidine groups is 1. The standard InChI is InChI=1S/C10H16ClF3N4/c1-4-17-9(10(12,13)14)18(3)8(15)6-16-5-7(2)11/h5,8H,2,4,6,15H2,1,3H3. The Bertz CT molecular complexity index is 339. The molecule has 0 heterocycles. The highest BCUT2D eigenvalue weighted by atomic mass is 35.5. The van der Waals surface area contributed by atoms with Crippen molar-refractivity contribution in [2.24, 2.45) is 15.7 Å². The molecule has 0 aromatic rings. The van der Waals surface area contributed by atoms with E-state index in [-0.39, 0.29) is 18.1 Å². The molecule has 0 aliphatic carbocycles. The molecule has 0 radical (unpaired) electrons. The van der Waals surface area contributed by atoms with Crippen LogP contribution >= 0.6 is 11.6 Å². The van der Waals surface area contributed by atoms with Crippen LogP contribution in [0, 0.1) is 0 Å². The minimum Gasteiger partial charge on any atom is -0.339 e. The van der Waals surface area contributed by atoms with Gasteiger partial charge < -0.3 is 10.6 Å². The van der Waals surface area contributed by atoms with Crippen LogP contribution < -0.4 is 5.73 Å². The summed E-state index contributed by atoms with van der Waals surface area (Å²) in [5, 5.41) is 0.183. The Morgan fingerprint density at radius 1 is 1.56 bits per heavy atom. The molecule has 0 amide bonds. The number of aliphatic imine (C=N–C) groups is 2. The maximum atomic E-state index is 12.7. The van der Waals surface area contributed by atoms with Crippen LogP contribution in [0.4, 0.5) is 13.2 Å². The molecule has 4 nitrogen and oxygen atoms in total. The zero-order chi connectivity index (χ0) is 14.3. The van der Waals surface area contributed by atoms with Crippen molar-refractivity contribution in [3.8, 4) is 0 Å². The summed E-state index contributed by atoms with van der Waals surface area (Å²) in [6.45, 7) is 4.85. The Morgan fingerprint density at radius 2 is 2.11 bits per heavy atom. The van der Waals surface area contributed by atoms with Crippen molar-refractivity contribution in [2.45, 2.75) is 19.3 Å². The second-order valence-corrected chi connectivity index (χ2v) is 3.90. The van der Waals surface area contributed by atoms with Gasteiger partial charge in [-0.3, -0.25) is 9.98 Å². The molecule has 1 unspecified atom stereocenters. The van der Waals surface area contributed by atoms with E-state index < -0.39 is 18.2 Å². The average Bonchev–Trinajstić information content (AvgIpc) is 2.22. The average molecular weight is 285 g/mol. The van der Waals surface area contributed by atoms with Crippen LogP contribution in [0.3, 0.4) is 0 Å². The monoisotopic (exact) mass is 284 g/mol. The lowest BCUT2D eigenvalue weighted by molar-refractivity contribution is -0.0695. The highest BCUT2D eigenvalue weighted by Gasteiger charge is 2.39. The first-order valence-electron chi connectivity index (χ1n) is 5.14. The number of allylic oxidation sites excluding steroid dienone is 1. The Hall–Kier alpha value is -1.08. The predicted octanol–water partition coefficient (Wildman–Crippen LogP) is 2.01. The highest BCUT2D eigenvalue weighted by Crippen LogP contribution is 2.20. The third-order valence-corrected chi connectivity index (χ3v) is 2.01. The summed E-state index contributed by atoms with van der Waals surface area (Å²) in [7, 11) is 1.22. The van der Waals surface area contributed by atoms with Gasteiger partial charge in [-0.25, -0.2) is 0 Å². The van der Waals surface area contributed by atoms with E-state index in [4.69, 9.17) is 17.3 Å². The fourth-order valence-corrected chi connectivity index (χ4v) is 1.16. The smallest absolute Gasteiger partial charge is 0.339 e. The molecule has 0 rings (SSSR count). The number of halogens is 4. The second-order valence-electron chi connectivity index (χ2n) is 3.42. The number of rotatable bonds is 5. The summed E-state index contributed by atoms with van der Waals surface area (Å²) in [5.74, 6) is -1.02. The molecule has 0 aromatic heterocycles. The summed E-state index contributed by atoms with van der Waals surface area (Å²) < 4.78 is 38.0. The Labute approximate surface area is 109 Å². The van der Waals surface area contributed by atoms with Crippen LogP contribution in [0.2, 0.25) is 0 Å². The molecule has 18 heavy (non-hydrogen) atoms. The van der Waals surface area contributed by atoms with E-state index in [0.29, 0.717) is 0 Å². The topological polar surface area (TPSA) is 54.0 Å². The zero-order valence-electron chi connectivity index (χ0n) is 10.2. The lowest BCUT2D eigenvalue weighted by Gasteiger charge is -2.27. The van der Waals surface area contributed by atoms with Gasteiger partial charge in [0.15, 0.2) is 0 Å². The van der Waals surface area contributed by atoms with Gasteiger partial charge in [0.1, 0.15) is 0 Å². The normalized spacial score (nSPS) is 14.9. The van der Waals surface area contributed by atoms with Gasteiger partial charge in [-0.1, -0.05) is 18.2 Å². The molecule has 1 atom stereocenters. The minimum atomic E-state index is -4.54. The van der Waals surface area contributed by atoms with Crippen molar-refractivity contribution in [1.82, 2.24) is 4.90 Å². The number of alkyl halides is 3. The number of hydrogen-bond donors (Lipinski definition) is 1. The summed E-state index contributed by atoms with van der Waals surface area (Å²) in [6.07, 6.45) is -4.24. The van der Waals surface area contributed by atoms with Crippen LogP contribution in [0.5, 0.6) is 0 Å². The van der Waals surface area contributed by atoms with Gasteiger partial charge >= 0.3 is 6.18 Å². The van der Waals surface area contributed by atoms with Crippen molar-refractivity contribution in [3.63, 3.8) is 0 Å². The third-order valence-electron chi connectivity index (χ3n) is 1.92. The first-order valence-corrected chi connectivity index (χ1v) is 5.52. The van der Waals surface area contributed by atoms with Gasteiger partial charge in [0.05, 0.1) is 17.7 Å². The zero-order valence-corrected chi connectivity index (χ0v) is 11.0. The van der Waals surface area contributed by atoms with Gasteiger partial charge in [0, 0.05) is 19.8 Å². The number of nitrogens with two attached hydrogens (primary N) is 1. The fraction of sp³-hybridized carbons (Fsp3) is 0.600. The summed E-state index contributed by atoms with van der Waals surface area (Å²) >= 11 is 5.42. The molecule has 104 valence electrons. The van der Waals surface area contributed by atoms with Gasteiger partial charge in [0.25, 0.3) is 0 Å². The Kier molecular flexibility index (Phi) is 6.93. The number of nitrogens with zero attached hydrogens (tertiary/aromatic N) is 3. The van der Waals surface area contributed by atoms with Crippen molar-refractivity contribution in [1.29, 1.82) is 0 Å². The molecule has 0 aliphatic rings. The SMILES string of the molecule is C=C(Cl)C=NCC(N)N(C)C(=NCC)C(F)(F)F. The molecular weight excluding hydrogens is 269 g/mol. The molecule has 0 spiro atoms. The first kappa shape index (κ1) is 16.9. The molecule has 0 aliphatic heterocycles. The quantitative estimate of drug-likeness (QED) is 0.477. The lowest BCUT2D eigenvalue weighted by Crippen LogP contribution is -2.50. The van der Waals surface area contributed by atoms with Crippen molar-refractivity contribution >= 4 is 23.7 Å². The molecule has 0 bridgehead atoms. The highest BCUT2D eigenvalue weighted by molar-refractivity contribution is 6.38. The molecule has 0 aromatic carbocycles. The van der Waals surface area contributed by atoms with Gasteiger partial charge in [-0.15, -0.1) is 0 Å². The van der Waals surface area contributed by atoms with Gasteiger partial charge in [0.2, 0.25) is 5.84 Å². The van der Waals surface area contributed by atoms with Crippen molar-refractivity contribution in [2.75, 3.05) is 20.1 Å². The van der Waals surface area contributed by atoms with Crippen molar-refractivity contribution < 1.29 is 13.2 Å². The largest absolute Gasteiger partial charge is 0.449 e. The van der Waals surface area contributed by atoms with Crippen LogP contribution in [0.15, 0.2) is 21.6 Å². The third kappa shape index (κ3) is 6.02. The fourth-order valence-electron chi connectivity index (χ4n) is 1.09. The van der Waals surface area contributed by atoms with E-state index in [0.717, 1.165) is 4.90 Å². The first-order chi connectivity index (χ1) is 8.20. The van der Waals surface area contributed by atoms with E-state index in [9.17, 15) is 13.2 Å². The molecular formula is C10H16ClF3N4. The number of hydrogen-bond acceptors (Lipinski definition) is 3. The summed E-state index contributed by atoms with van der Waals surface area (Å²) in [6, 6.07) is 0. The van der Waals surface area contributed by atoms with Crippen LogP contribution in [0.25, 0.3) is 0 Å². The predicted molar refractivity (Wildman–Crippen MR) is 68.1 cm³/mol. The van der Waals surface area contributed by atoms with E-state index in [2.05, 4.69) is 16.6 Å². The van der Waals surface area contributed by atoms with E-state index in [1.807, 2.05) is 0 Å². The summed E-state index contributed by atoms with van der Waals surface area (Å²) in [4.78, 5) is 8.02. The maximum absolute atomic E-state index is 12.7. The van der Waals surface area contributed by atoms with Crippen LogP contribution in [0.1, 0.15) is 6.92 Å². The Morgan fingerprint density at radius 3 is 2.50 bits per heavy atom. The Balaban J connectivity index is 4.73. The lowest BCUT2D eigenvalue weighted by atomic mass is 10.4. The van der Waals surface area contributed by atoms with E-state index in [1.54, 1.807) is 0 Å². The van der Waals surface area contributed by atoms with Gasteiger partial charge in [-0.2, -0.15) is 13.2 Å². The molecule has 2 N–H and O–H groups in total. The molecule has 0 saturated heterocycles. The maximum Gasteiger partial charge on any atom is 0.449 e. The van der Waals surface area contributed by atoms with Crippen LogP contribution in [-0.2, 0) is 0 Å². The number of likely N-dealkylation sites (N-methyl/N-ethyl adjacent to an activating group) is 1. The van der Waals surface area contributed by atoms with Crippen LogP contribution in [-0.4, -0.2) is 49.4 Å². The molecule has 8 heteroatoms. The molecule has 0 fully saturated rings. The van der Waals surface area contributed by atoms with Crippen molar-refractivity contribution in [3.05, 3.63) is 11.6 Å². The van der Waals surface area contributed by atoms with Gasteiger partial charge in [-0.05, 0) is 6.92 Å². The minimum absolute atomic E-state index is 0.0215. The van der Waals surface area contributed by atoms with E-state index >= 15 is 0 Å². The van der Waals surface area contributed by atoms with E-state index in [1.165, 1.54) is 20.2 Å².